The maximum absolute atomic E-state index is 8.66. The van der Waals surface area contributed by atoms with Gasteiger partial charge in [-0.1, -0.05) is 38.0 Å². The second-order valence-corrected chi connectivity index (χ2v) is 4.82. The molecule has 0 aliphatic carbocycles. The van der Waals surface area contributed by atoms with Crippen molar-refractivity contribution in [2.45, 2.75) is 39.0 Å². The fraction of sp³-hybridized carbons (Fsp3) is 0.556. The Morgan fingerprint density at radius 1 is 1.00 bits per heavy atom. The number of aliphatic hydroxyl groups excluding tert-OH is 1. The summed E-state index contributed by atoms with van der Waals surface area (Å²) in [6.45, 7) is 4.33. The molecule has 0 saturated carbocycles. The molecule has 116 valence electrons. The molecule has 0 radical (unpaired) electrons. The van der Waals surface area contributed by atoms with Crippen molar-refractivity contribution in [3.05, 3.63) is 29.8 Å². The fourth-order valence-corrected chi connectivity index (χ4v) is 1.81. The van der Waals surface area contributed by atoms with Crippen LogP contribution in [0.25, 0.3) is 0 Å². The second kappa shape index (κ2) is 12.3. The molecule has 0 unspecified atom stereocenters. The van der Waals surface area contributed by atoms with E-state index < -0.39 is 0 Å². The van der Waals surface area contributed by atoms with Crippen molar-refractivity contribution in [2.24, 2.45) is 0 Å². The van der Waals surface area contributed by atoms with Crippen LogP contribution in [0.5, 0.6) is 5.75 Å². The Hall–Kier alpha value is -1.50. The predicted octanol–water partition coefficient (Wildman–Crippen LogP) is 3.40. The Morgan fingerprint density at radius 2 is 1.81 bits per heavy atom. The number of benzene rings is 1. The first-order valence-corrected chi connectivity index (χ1v) is 7.77. The number of rotatable bonds is 10. The van der Waals surface area contributed by atoms with Crippen molar-refractivity contribution in [3.8, 4) is 17.6 Å². The lowest BCUT2D eigenvalue weighted by atomic mass is 10.2. The molecule has 1 rings (SSSR count). The highest BCUT2D eigenvalue weighted by Crippen LogP contribution is 2.11. The van der Waals surface area contributed by atoms with Gasteiger partial charge in [-0.05, 0) is 30.7 Å². The average Bonchev–Trinajstić information content (AvgIpc) is 2.52. The van der Waals surface area contributed by atoms with Crippen LogP contribution in [0.2, 0.25) is 0 Å². The van der Waals surface area contributed by atoms with Gasteiger partial charge in [0.1, 0.15) is 12.4 Å². The van der Waals surface area contributed by atoms with E-state index in [0.717, 1.165) is 24.3 Å². The Labute approximate surface area is 128 Å². The number of unbranched alkanes of at least 4 members (excludes halogenated alkanes) is 3. The Kier molecular flexibility index (Phi) is 10.2. The summed E-state index contributed by atoms with van der Waals surface area (Å²) in [5.41, 5.74) is 0.933. The van der Waals surface area contributed by atoms with Gasteiger partial charge in [0.2, 0.25) is 0 Å². The van der Waals surface area contributed by atoms with Gasteiger partial charge in [0.25, 0.3) is 0 Å². The van der Waals surface area contributed by atoms with Crippen molar-refractivity contribution >= 4 is 0 Å². The highest BCUT2D eigenvalue weighted by molar-refractivity contribution is 5.38. The maximum atomic E-state index is 8.66. The molecule has 0 heterocycles. The van der Waals surface area contributed by atoms with Crippen LogP contribution in [0.3, 0.4) is 0 Å². The van der Waals surface area contributed by atoms with Gasteiger partial charge in [-0.15, -0.1) is 0 Å². The fourth-order valence-electron chi connectivity index (χ4n) is 1.81. The molecular formula is C18H26O3. The van der Waals surface area contributed by atoms with Crippen molar-refractivity contribution in [3.63, 3.8) is 0 Å². The number of aliphatic hydroxyl groups is 1. The third-order valence-corrected chi connectivity index (χ3v) is 2.96. The number of hydrogen-bond donors (Lipinski definition) is 1. The smallest absolute Gasteiger partial charge is 0.119 e. The molecule has 0 amide bonds. The van der Waals surface area contributed by atoms with Crippen LogP contribution in [-0.4, -0.2) is 31.5 Å². The molecule has 0 aliphatic rings. The highest BCUT2D eigenvalue weighted by Gasteiger charge is 1.95. The van der Waals surface area contributed by atoms with E-state index in [4.69, 9.17) is 14.6 Å². The second-order valence-electron chi connectivity index (χ2n) is 4.82. The van der Waals surface area contributed by atoms with Crippen LogP contribution in [0.1, 0.15) is 44.6 Å². The molecule has 0 atom stereocenters. The van der Waals surface area contributed by atoms with Gasteiger partial charge in [-0.25, -0.2) is 0 Å². The third-order valence-electron chi connectivity index (χ3n) is 2.96. The van der Waals surface area contributed by atoms with E-state index in [0.29, 0.717) is 19.6 Å². The van der Waals surface area contributed by atoms with Crippen LogP contribution >= 0.6 is 0 Å². The first-order chi connectivity index (χ1) is 10.4. The van der Waals surface area contributed by atoms with Crippen LogP contribution < -0.4 is 4.74 Å². The van der Waals surface area contributed by atoms with Crippen LogP contribution in [0.15, 0.2) is 24.3 Å². The van der Waals surface area contributed by atoms with Crippen molar-refractivity contribution in [1.29, 1.82) is 0 Å². The van der Waals surface area contributed by atoms with Gasteiger partial charge in [0.05, 0.1) is 13.2 Å². The van der Waals surface area contributed by atoms with Gasteiger partial charge in [-0.2, -0.15) is 0 Å². The number of ether oxygens (including phenoxy) is 2. The maximum Gasteiger partial charge on any atom is 0.119 e. The van der Waals surface area contributed by atoms with E-state index in [2.05, 4.69) is 18.8 Å². The van der Waals surface area contributed by atoms with E-state index in [9.17, 15) is 0 Å². The Bertz CT molecular complexity index is 414. The summed E-state index contributed by atoms with van der Waals surface area (Å²) in [5, 5.41) is 8.66. The third kappa shape index (κ3) is 9.12. The first-order valence-electron chi connectivity index (χ1n) is 7.77. The lowest BCUT2D eigenvalue weighted by molar-refractivity contribution is 0.0971. The zero-order chi connectivity index (χ0) is 15.2. The molecule has 0 aromatic heterocycles. The van der Waals surface area contributed by atoms with Gasteiger partial charge >= 0.3 is 0 Å². The normalized spacial score (nSPS) is 10.0. The van der Waals surface area contributed by atoms with E-state index in [1.54, 1.807) is 0 Å². The molecule has 3 nitrogen and oxygen atoms in total. The lowest BCUT2D eigenvalue weighted by Crippen LogP contribution is -2.07. The number of hydrogen-bond acceptors (Lipinski definition) is 3. The quantitative estimate of drug-likeness (QED) is 0.530. The van der Waals surface area contributed by atoms with Gasteiger partial charge in [-0.3, -0.25) is 0 Å². The molecule has 21 heavy (non-hydrogen) atoms. The largest absolute Gasteiger partial charge is 0.491 e. The molecule has 1 aromatic carbocycles. The molecule has 1 aromatic rings. The summed E-state index contributed by atoms with van der Waals surface area (Å²) in [7, 11) is 0. The monoisotopic (exact) mass is 290 g/mol. The van der Waals surface area contributed by atoms with Crippen LogP contribution in [0.4, 0.5) is 0 Å². The van der Waals surface area contributed by atoms with E-state index in [-0.39, 0.29) is 6.61 Å². The highest BCUT2D eigenvalue weighted by atomic mass is 16.5. The first kappa shape index (κ1) is 17.6. The van der Waals surface area contributed by atoms with Crippen molar-refractivity contribution < 1.29 is 14.6 Å². The van der Waals surface area contributed by atoms with E-state index >= 15 is 0 Å². The summed E-state index contributed by atoms with van der Waals surface area (Å²) >= 11 is 0. The Balaban J connectivity index is 2.11. The van der Waals surface area contributed by atoms with Crippen molar-refractivity contribution in [1.82, 2.24) is 0 Å². The van der Waals surface area contributed by atoms with Crippen LogP contribution in [0, 0.1) is 11.8 Å². The minimum atomic E-state index is 0.104. The minimum absolute atomic E-state index is 0.104. The van der Waals surface area contributed by atoms with Gasteiger partial charge < -0.3 is 14.6 Å². The average molecular weight is 290 g/mol. The molecule has 0 fully saturated rings. The molecule has 3 heteroatoms. The van der Waals surface area contributed by atoms with E-state index in [1.165, 1.54) is 19.3 Å². The summed E-state index contributed by atoms with van der Waals surface area (Å²) < 4.78 is 11.1. The van der Waals surface area contributed by atoms with Crippen LogP contribution in [-0.2, 0) is 4.74 Å². The molecule has 0 spiro atoms. The summed E-state index contributed by atoms with van der Waals surface area (Å²) in [4.78, 5) is 0. The summed E-state index contributed by atoms with van der Waals surface area (Å²) in [6, 6.07) is 7.66. The standard InChI is InChI=1S/C18H26O3/c1-2-3-4-7-14-20-15-16-21-18-11-9-17(10-12-18)8-5-6-13-19/h9-12,19H,2-4,6-7,13-16H2,1H3. The zero-order valence-electron chi connectivity index (χ0n) is 12.9. The molecule has 1 N–H and O–H groups in total. The predicted molar refractivity (Wildman–Crippen MR) is 85.5 cm³/mol. The molecule has 0 saturated heterocycles. The SMILES string of the molecule is CCCCCCOCCOc1ccc(C#CCCO)cc1. The lowest BCUT2D eigenvalue weighted by Gasteiger charge is -2.07. The minimum Gasteiger partial charge on any atom is -0.491 e. The molecule has 0 aliphatic heterocycles. The summed E-state index contributed by atoms with van der Waals surface area (Å²) in [6.07, 6.45) is 5.43. The Morgan fingerprint density at radius 3 is 2.52 bits per heavy atom. The topological polar surface area (TPSA) is 38.7 Å². The summed E-state index contributed by atoms with van der Waals surface area (Å²) in [5.74, 6) is 6.70. The van der Waals surface area contributed by atoms with Crippen molar-refractivity contribution in [2.75, 3.05) is 26.4 Å². The molecule has 0 bridgehead atoms. The zero-order valence-corrected chi connectivity index (χ0v) is 12.9. The van der Waals surface area contributed by atoms with Gasteiger partial charge in [0, 0.05) is 18.6 Å². The molecular weight excluding hydrogens is 264 g/mol. The van der Waals surface area contributed by atoms with E-state index in [1.807, 2.05) is 24.3 Å². The van der Waals surface area contributed by atoms with Gasteiger partial charge in [0.15, 0.2) is 0 Å².